The molecule has 22 heavy (non-hydrogen) atoms. The van der Waals surface area contributed by atoms with Crippen LogP contribution in [0, 0.1) is 0 Å². The topological polar surface area (TPSA) is 52.7 Å². The molecule has 124 valence electrons. The second-order valence-corrected chi connectivity index (χ2v) is 8.02. The van der Waals surface area contributed by atoms with Crippen LogP contribution in [0.5, 0.6) is 0 Å². The summed E-state index contributed by atoms with van der Waals surface area (Å²) in [5, 5.41) is 0. The maximum Gasteiger partial charge on any atom is 0.211 e. The molecule has 1 aliphatic heterocycles. The van der Waals surface area contributed by atoms with Gasteiger partial charge in [-0.05, 0) is 26.0 Å². The van der Waals surface area contributed by atoms with Crippen LogP contribution in [0.1, 0.15) is 12.5 Å². The molecular weight excluding hydrogens is 298 g/mol. The molecular formula is C16H27N3O2S. The van der Waals surface area contributed by atoms with Gasteiger partial charge < -0.3 is 4.90 Å². The summed E-state index contributed by atoms with van der Waals surface area (Å²) in [6.07, 6.45) is 0.555. The number of nitrogens with one attached hydrogen (secondary N) is 1. The van der Waals surface area contributed by atoms with Gasteiger partial charge in [0.25, 0.3) is 0 Å². The van der Waals surface area contributed by atoms with Crippen molar-refractivity contribution in [3.8, 4) is 0 Å². The number of piperazine rings is 1. The van der Waals surface area contributed by atoms with E-state index in [1.165, 1.54) is 0 Å². The van der Waals surface area contributed by atoms with Gasteiger partial charge in [0.2, 0.25) is 10.0 Å². The van der Waals surface area contributed by atoms with E-state index in [2.05, 4.69) is 28.5 Å². The van der Waals surface area contributed by atoms with E-state index in [0.29, 0.717) is 13.0 Å². The van der Waals surface area contributed by atoms with Crippen LogP contribution in [0.4, 0.5) is 0 Å². The van der Waals surface area contributed by atoms with E-state index in [-0.39, 0.29) is 11.8 Å². The average molecular weight is 325 g/mol. The number of nitrogens with zero attached hydrogens (tertiary/aromatic N) is 2. The fraction of sp³-hybridized carbons (Fsp3) is 0.625. The SMILES string of the molecule is C[C@H](CNS(=O)(=O)CCc1ccccc1)N1CCN(C)CC1. The van der Waals surface area contributed by atoms with E-state index in [1.54, 1.807) is 0 Å². The van der Waals surface area contributed by atoms with Crippen LogP contribution in [0.15, 0.2) is 30.3 Å². The van der Waals surface area contributed by atoms with E-state index in [0.717, 1.165) is 31.7 Å². The second-order valence-electron chi connectivity index (χ2n) is 6.09. The zero-order chi connectivity index (χ0) is 16.0. The Hall–Kier alpha value is -0.950. The highest BCUT2D eigenvalue weighted by atomic mass is 32.2. The standard InChI is InChI=1S/C16H27N3O2S/c1-15(19-11-9-18(2)10-12-19)14-17-22(20,21)13-8-16-6-4-3-5-7-16/h3-7,15,17H,8-14H2,1-2H3/t15-/m1/s1. The largest absolute Gasteiger partial charge is 0.304 e. The number of aryl methyl sites for hydroxylation is 1. The minimum absolute atomic E-state index is 0.145. The van der Waals surface area contributed by atoms with Crippen molar-refractivity contribution in [1.82, 2.24) is 14.5 Å². The average Bonchev–Trinajstić information content (AvgIpc) is 2.53. The number of likely N-dealkylation sites (N-methyl/N-ethyl adjacent to an activating group) is 1. The van der Waals surface area contributed by atoms with Crippen LogP contribution >= 0.6 is 0 Å². The summed E-state index contributed by atoms with van der Waals surface area (Å²) in [5.74, 6) is 0.145. The molecule has 0 saturated carbocycles. The lowest BCUT2D eigenvalue weighted by Crippen LogP contribution is -2.51. The van der Waals surface area contributed by atoms with Gasteiger partial charge in [0.15, 0.2) is 0 Å². The van der Waals surface area contributed by atoms with Crippen LogP contribution in [0.25, 0.3) is 0 Å². The van der Waals surface area contributed by atoms with E-state index < -0.39 is 10.0 Å². The van der Waals surface area contributed by atoms with Gasteiger partial charge in [0, 0.05) is 38.8 Å². The van der Waals surface area contributed by atoms with Crippen LogP contribution in [0.3, 0.4) is 0 Å². The van der Waals surface area contributed by atoms with Crippen molar-refractivity contribution >= 4 is 10.0 Å². The van der Waals surface area contributed by atoms with Gasteiger partial charge in [-0.25, -0.2) is 13.1 Å². The van der Waals surface area contributed by atoms with Crippen molar-refractivity contribution in [2.45, 2.75) is 19.4 Å². The molecule has 1 aromatic carbocycles. The second kappa shape index (κ2) is 8.06. The quantitative estimate of drug-likeness (QED) is 0.805. The minimum atomic E-state index is -3.21. The van der Waals surface area contributed by atoms with Crippen molar-refractivity contribution in [3.05, 3.63) is 35.9 Å². The lowest BCUT2D eigenvalue weighted by molar-refractivity contribution is 0.120. The third kappa shape index (κ3) is 5.68. The summed E-state index contributed by atoms with van der Waals surface area (Å²) in [6, 6.07) is 9.97. The van der Waals surface area contributed by atoms with Crippen molar-refractivity contribution in [3.63, 3.8) is 0 Å². The van der Waals surface area contributed by atoms with E-state index in [4.69, 9.17) is 0 Å². The number of benzene rings is 1. The lowest BCUT2D eigenvalue weighted by atomic mass is 10.2. The molecule has 0 amide bonds. The van der Waals surface area contributed by atoms with Crippen molar-refractivity contribution in [2.75, 3.05) is 45.5 Å². The third-order valence-electron chi connectivity index (χ3n) is 4.26. The first-order valence-corrected chi connectivity index (χ1v) is 9.55. The minimum Gasteiger partial charge on any atom is -0.304 e. The maximum absolute atomic E-state index is 12.1. The number of rotatable bonds is 7. The van der Waals surface area contributed by atoms with Crippen molar-refractivity contribution < 1.29 is 8.42 Å². The van der Waals surface area contributed by atoms with Crippen LogP contribution < -0.4 is 4.72 Å². The number of hydrogen-bond donors (Lipinski definition) is 1. The van der Waals surface area contributed by atoms with Crippen LogP contribution in [-0.2, 0) is 16.4 Å². The zero-order valence-corrected chi connectivity index (χ0v) is 14.3. The first-order chi connectivity index (χ1) is 10.5. The highest BCUT2D eigenvalue weighted by Crippen LogP contribution is 2.05. The summed E-state index contributed by atoms with van der Waals surface area (Å²) < 4.78 is 27.0. The molecule has 1 aromatic rings. The summed E-state index contributed by atoms with van der Waals surface area (Å²) in [5.41, 5.74) is 1.06. The molecule has 1 aliphatic rings. The molecule has 1 atom stereocenters. The van der Waals surface area contributed by atoms with Gasteiger partial charge in [-0.2, -0.15) is 0 Å². The van der Waals surface area contributed by atoms with Crippen LogP contribution in [0.2, 0.25) is 0 Å². The molecule has 0 bridgehead atoms. The summed E-state index contributed by atoms with van der Waals surface area (Å²) in [7, 11) is -1.09. The molecule has 0 aliphatic carbocycles. The molecule has 0 aromatic heterocycles. The molecule has 2 rings (SSSR count). The maximum atomic E-state index is 12.1. The first kappa shape index (κ1) is 17.4. The Morgan fingerprint density at radius 3 is 2.41 bits per heavy atom. The Balaban J connectivity index is 1.74. The fourth-order valence-corrected chi connectivity index (χ4v) is 3.75. The molecule has 1 heterocycles. The highest BCUT2D eigenvalue weighted by Gasteiger charge is 2.20. The van der Waals surface area contributed by atoms with Gasteiger partial charge in [-0.1, -0.05) is 30.3 Å². The highest BCUT2D eigenvalue weighted by molar-refractivity contribution is 7.89. The van der Waals surface area contributed by atoms with Crippen LogP contribution in [-0.4, -0.2) is 69.8 Å². The molecule has 1 saturated heterocycles. The molecule has 5 nitrogen and oxygen atoms in total. The zero-order valence-electron chi connectivity index (χ0n) is 13.5. The Bertz CT molecular complexity index is 540. The summed E-state index contributed by atoms with van der Waals surface area (Å²) >= 11 is 0. The van der Waals surface area contributed by atoms with Gasteiger partial charge in [-0.3, -0.25) is 4.90 Å². The Kier molecular flexibility index (Phi) is 6.37. The third-order valence-corrected chi connectivity index (χ3v) is 5.61. The Labute approximate surface area is 134 Å². The molecule has 1 N–H and O–H groups in total. The molecule has 0 spiro atoms. The predicted octanol–water partition coefficient (Wildman–Crippen LogP) is 0.784. The molecule has 0 unspecified atom stereocenters. The van der Waals surface area contributed by atoms with Gasteiger partial charge >= 0.3 is 0 Å². The van der Waals surface area contributed by atoms with E-state index in [9.17, 15) is 8.42 Å². The van der Waals surface area contributed by atoms with Gasteiger partial charge in [-0.15, -0.1) is 0 Å². The molecule has 1 fully saturated rings. The molecule has 0 radical (unpaired) electrons. The molecule has 6 heteroatoms. The summed E-state index contributed by atoms with van der Waals surface area (Å²) in [6.45, 7) is 6.68. The number of hydrogen-bond acceptors (Lipinski definition) is 4. The lowest BCUT2D eigenvalue weighted by Gasteiger charge is -2.36. The first-order valence-electron chi connectivity index (χ1n) is 7.90. The van der Waals surface area contributed by atoms with Crippen molar-refractivity contribution in [1.29, 1.82) is 0 Å². The van der Waals surface area contributed by atoms with Crippen molar-refractivity contribution in [2.24, 2.45) is 0 Å². The predicted molar refractivity (Wildman–Crippen MR) is 90.5 cm³/mol. The monoisotopic (exact) mass is 325 g/mol. The number of sulfonamides is 1. The Morgan fingerprint density at radius 1 is 1.14 bits per heavy atom. The van der Waals surface area contributed by atoms with E-state index >= 15 is 0 Å². The van der Waals surface area contributed by atoms with Gasteiger partial charge in [0.05, 0.1) is 5.75 Å². The fourth-order valence-electron chi connectivity index (χ4n) is 2.61. The smallest absolute Gasteiger partial charge is 0.211 e. The van der Waals surface area contributed by atoms with E-state index in [1.807, 2.05) is 30.3 Å². The normalized spacial score (nSPS) is 19.2. The Morgan fingerprint density at radius 2 is 1.77 bits per heavy atom. The van der Waals surface area contributed by atoms with Gasteiger partial charge in [0.1, 0.15) is 0 Å². The summed E-state index contributed by atoms with van der Waals surface area (Å²) in [4.78, 5) is 4.65.